The number of likely N-dealkylation sites (N-methyl/N-ethyl adjacent to an activating group) is 1. The molecule has 1 aromatic rings. The lowest BCUT2D eigenvalue weighted by atomic mass is 10.1. The lowest BCUT2D eigenvalue weighted by Crippen LogP contribution is -2.38. The molecule has 0 saturated carbocycles. The fraction of sp³-hybridized carbons (Fsp3) is 0.250. The summed E-state index contributed by atoms with van der Waals surface area (Å²) in [6.07, 6.45) is 0. The van der Waals surface area contributed by atoms with Gasteiger partial charge in [0.25, 0.3) is 5.91 Å². The van der Waals surface area contributed by atoms with Gasteiger partial charge in [0.15, 0.2) is 5.84 Å². The second-order valence-electron chi connectivity index (χ2n) is 3.85. The molecule has 2 amide bonds. The van der Waals surface area contributed by atoms with E-state index in [9.17, 15) is 9.59 Å². The van der Waals surface area contributed by atoms with Crippen LogP contribution in [0, 0.1) is 0 Å². The van der Waals surface area contributed by atoms with E-state index in [1.807, 2.05) is 0 Å². The lowest BCUT2D eigenvalue weighted by molar-refractivity contribution is -0.118. The van der Waals surface area contributed by atoms with Crippen molar-refractivity contribution < 1.29 is 14.8 Å². The van der Waals surface area contributed by atoms with Crippen LogP contribution in [0.4, 0.5) is 0 Å². The van der Waals surface area contributed by atoms with Crippen molar-refractivity contribution in [3.05, 3.63) is 35.4 Å². The number of carbonyl (C=O) groups excluding carboxylic acids is 2. The normalized spacial score (nSPS) is 11.1. The van der Waals surface area contributed by atoms with Crippen LogP contribution in [0.1, 0.15) is 22.8 Å². The van der Waals surface area contributed by atoms with E-state index in [1.165, 1.54) is 4.90 Å². The van der Waals surface area contributed by atoms with Crippen molar-refractivity contribution in [3.63, 3.8) is 0 Å². The molecule has 1 rings (SSSR count). The molecule has 1 aromatic carbocycles. The largest absolute Gasteiger partial charge is 0.409 e. The van der Waals surface area contributed by atoms with Crippen molar-refractivity contribution in [1.82, 2.24) is 4.90 Å². The predicted octanol–water partition coefficient (Wildman–Crippen LogP) is -0.271. The van der Waals surface area contributed by atoms with Gasteiger partial charge >= 0.3 is 0 Å². The van der Waals surface area contributed by atoms with Gasteiger partial charge in [0.2, 0.25) is 5.91 Å². The minimum Gasteiger partial charge on any atom is -0.409 e. The van der Waals surface area contributed by atoms with Gasteiger partial charge in [0, 0.05) is 17.7 Å². The van der Waals surface area contributed by atoms with Crippen LogP contribution < -0.4 is 11.5 Å². The van der Waals surface area contributed by atoms with Crippen LogP contribution in [-0.2, 0) is 4.79 Å². The number of amidine groups is 1. The van der Waals surface area contributed by atoms with E-state index in [4.69, 9.17) is 16.7 Å². The molecule has 7 nitrogen and oxygen atoms in total. The molecule has 0 bridgehead atoms. The maximum Gasteiger partial charge on any atom is 0.254 e. The number of amides is 2. The number of benzene rings is 1. The average molecular weight is 264 g/mol. The second-order valence-corrected chi connectivity index (χ2v) is 3.85. The summed E-state index contributed by atoms with van der Waals surface area (Å²) in [5, 5.41) is 11.4. The summed E-state index contributed by atoms with van der Waals surface area (Å²) >= 11 is 0. The summed E-state index contributed by atoms with van der Waals surface area (Å²) < 4.78 is 0. The Morgan fingerprint density at radius 2 is 1.74 bits per heavy atom. The monoisotopic (exact) mass is 264 g/mol. The van der Waals surface area contributed by atoms with E-state index in [-0.39, 0.29) is 18.3 Å². The summed E-state index contributed by atoms with van der Waals surface area (Å²) in [5.41, 5.74) is 11.4. The van der Waals surface area contributed by atoms with Gasteiger partial charge in [0.05, 0.1) is 6.54 Å². The van der Waals surface area contributed by atoms with Crippen LogP contribution in [0.25, 0.3) is 0 Å². The van der Waals surface area contributed by atoms with E-state index in [1.54, 1.807) is 31.2 Å². The number of hydrogen-bond acceptors (Lipinski definition) is 4. The number of rotatable bonds is 5. The number of primary amides is 1. The molecular weight excluding hydrogens is 248 g/mol. The number of oxime groups is 1. The van der Waals surface area contributed by atoms with Gasteiger partial charge in [-0.2, -0.15) is 0 Å². The highest BCUT2D eigenvalue weighted by atomic mass is 16.4. The smallest absolute Gasteiger partial charge is 0.254 e. The molecule has 0 heterocycles. The zero-order valence-corrected chi connectivity index (χ0v) is 10.5. The van der Waals surface area contributed by atoms with Crippen molar-refractivity contribution >= 4 is 17.6 Å². The molecule has 0 aliphatic rings. The minimum absolute atomic E-state index is 0.0384. The third-order valence-electron chi connectivity index (χ3n) is 2.55. The molecule has 0 spiro atoms. The molecule has 0 unspecified atom stereocenters. The van der Waals surface area contributed by atoms with Crippen molar-refractivity contribution in [1.29, 1.82) is 0 Å². The first-order valence-corrected chi connectivity index (χ1v) is 5.65. The molecule has 0 radical (unpaired) electrons. The van der Waals surface area contributed by atoms with Crippen molar-refractivity contribution in [3.8, 4) is 0 Å². The molecule has 0 aliphatic heterocycles. The topological polar surface area (TPSA) is 122 Å². The zero-order valence-electron chi connectivity index (χ0n) is 10.5. The van der Waals surface area contributed by atoms with E-state index in [0.29, 0.717) is 17.7 Å². The van der Waals surface area contributed by atoms with Gasteiger partial charge in [-0.05, 0) is 19.1 Å². The number of nitrogens with zero attached hydrogens (tertiary/aromatic N) is 2. The van der Waals surface area contributed by atoms with Crippen molar-refractivity contribution in [2.45, 2.75) is 6.92 Å². The zero-order chi connectivity index (χ0) is 14.4. The first kappa shape index (κ1) is 14.5. The Balaban J connectivity index is 2.90. The number of carbonyl (C=O) groups is 2. The Morgan fingerprint density at radius 3 is 2.16 bits per heavy atom. The van der Waals surface area contributed by atoms with Crippen LogP contribution >= 0.6 is 0 Å². The summed E-state index contributed by atoms with van der Waals surface area (Å²) in [5.74, 6) is -0.903. The maximum absolute atomic E-state index is 12.1. The van der Waals surface area contributed by atoms with Gasteiger partial charge in [0.1, 0.15) is 0 Å². The van der Waals surface area contributed by atoms with Gasteiger partial charge in [-0.1, -0.05) is 17.3 Å². The second kappa shape index (κ2) is 6.39. The maximum atomic E-state index is 12.1. The molecule has 0 fully saturated rings. The molecular formula is C12H16N4O3. The van der Waals surface area contributed by atoms with Crippen LogP contribution in [0.15, 0.2) is 29.4 Å². The Labute approximate surface area is 110 Å². The fourth-order valence-corrected chi connectivity index (χ4v) is 1.54. The third-order valence-corrected chi connectivity index (χ3v) is 2.55. The van der Waals surface area contributed by atoms with E-state index >= 15 is 0 Å². The molecule has 0 atom stereocenters. The van der Waals surface area contributed by atoms with Crippen molar-refractivity contribution in [2.75, 3.05) is 13.1 Å². The Kier molecular flexibility index (Phi) is 4.87. The summed E-state index contributed by atoms with van der Waals surface area (Å²) in [6.45, 7) is 2.01. The molecule has 0 saturated heterocycles. The highest BCUT2D eigenvalue weighted by Crippen LogP contribution is 2.07. The summed E-state index contributed by atoms with van der Waals surface area (Å²) in [7, 11) is 0. The standard InChI is InChI=1S/C12H16N4O3/c1-2-16(7-10(13)17)12(18)9-5-3-8(4-6-9)11(14)15-19/h3-6,19H,2,7H2,1H3,(H2,13,17)(H2,14,15). The lowest BCUT2D eigenvalue weighted by Gasteiger charge is -2.19. The van der Waals surface area contributed by atoms with Gasteiger partial charge in [-0.15, -0.1) is 0 Å². The fourth-order valence-electron chi connectivity index (χ4n) is 1.54. The van der Waals surface area contributed by atoms with Crippen LogP contribution in [0.3, 0.4) is 0 Å². The summed E-state index contributed by atoms with van der Waals surface area (Å²) in [4.78, 5) is 24.3. The molecule has 19 heavy (non-hydrogen) atoms. The molecule has 5 N–H and O–H groups in total. The summed E-state index contributed by atoms with van der Waals surface area (Å²) in [6, 6.07) is 6.19. The highest BCUT2D eigenvalue weighted by Gasteiger charge is 2.16. The molecule has 0 aromatic heterocycles. The highest BCUT2D eigenvalue weighted by molar-refractivity contribution is 6.00. The minimum atomic E-state index is -0.566. The van der Waals surface area contributed by atoms with Gasteiger partial charge < -0.3 is 21.6 Å². The van der Waals surface area contributed by atoms with Crippen LogP contribution in [0.5, 0.6) is 0 Å². The number of hydrogen-bond donors (Lipinski definition) is 3. The van der Waals surface area contributed by atoms with Crippen molar-refractivity contribution in [2.24, 2.45) is 16.6 Å². The molecule has 7 heteroatoms. The Morgan fingerprint density at radius 1 is 1.21 bits per heavy atom. The van der Waals surface area contributed by atoms with Gasteiger partial charge in [-0.3, -0.25) is 9.59 Å². The van der Waals surface area contributed by atoms with Crippen LogP contribution in [0.2, 0.25) is 0 Å². The molecule has 102 valence electrons. The van der Waals surface area contributed by atoms with E-state index in [0.717, 1.165) is 0 Å². The Hall–Kier alpha value is -2.57. The Bertz CT molecular complexity index is 496. The van der Waals surface area contributed by atoms with Crippen LogP contribution in [-0.4, -0.2) is 40.8 Å². The first-order valence-electron chi connectivity index (χ1n) is 5.65. The van der Waals surface area contributed by atoms with E-state index in [2.05, 4.69) is 5.16 Å². The molecule has 0 aliphatic carbocycles. The predicted molar refractivity (Wildman–Crippen MR) is 69.7 cm³/mol. The SMILES string of the molecule is CCN(CC(N)=O)C(=O)c1ccc(/C(N)=N/O)cc1. The average Bonchev–Trinajstić information content (AvgIpc) is 2.43. The van der Waals surface area contributed by atoms with E-state index < -0.39 is 5.91 Å². The first-order chi connectivity index (χ1) is 8.99. The third kappa shape index (κ3) is 3.70. The quantitative estimate of drug-likeness (QED) is 0.293. The number of nitrogens with two attached hydrogens (primary N) is 2. The van der Waals surface area contributed by atoms with Gasteiger partial charge in [-0.25, -0.2) is 0 Å².